The molecule has 6 heteroatoms. The van der Waals surface area contributed by atoms with Crippen LogP contribution in [0.15, 0.2) is 36.7 Å². The van der Waals surface area contributed by atoms with Crippen molar-refractivity contribution in [1.82, 2.24) is 15.1 Å². The second-order valence-electron chi connectivity index (χ2n) is 7.78. The van der Waals surface area contributed by atoms with Gasteiger partial charge in [0.1, 0.15) is 0 Å². The standard InChI is InChI=1S/C21H27N3O3/c1-2-19-11-18(25)12-21(27-19)6-8-24(9-7-21)20(26)16-5-3-4-15(10-16)17-13-22-23-14-17/h3-5,10,13-14,18-19,25H,2,6-9,11-12H2,1H3,(H,22,23)/t18-,19+/m1/s1. The van der Waals surface area contributed by atoms with Crippen LogP contribution in [0.4, 0.5) is 0 Å². The third kappa shape index (κ3) is 3.77. The molecule has 0 aliphatic carbocycles. The van der Waals surface area contributed by atoms with Gasteiger partial charge in [0.25, 0.3) is 5.91 Å². The molecule has 144 valence electrons. The molecule has 2 atom stereocenters. The average molecular weight is 369 g/mol. The van der Waals surface area contributed by atoms with Crippen LogP contribution in [0, 0.1) is 0 Å². The van der Waals surface area contributed by atoms with Gasteiger partial charge in [-0.05, 0) is 43.4 Å². The summed E-state index contributed by atoms with van der Waals surface area (Å²) in [4.78, 5) is 14.9. The highest BCUT2D eigenvalue weighted by Crippen LogP contribution is 2.38. The van der Waals surface area contributed by atoms with Gasteiger partial charge < -0.3 is 14.7 Å². The molecule has 2 aliphatic heterocycles. The second-order valence-corrected chi connectivity index (χ2v) is 7.78. The van der Waals surface area contributed by atoms with Gasteiger partial charge in [0.2, 0.25) is 0 Å². The number of likely N-dealkylation sites (tertiary alicyclic amines) is 1. The van der Waals surface area contributed by atoms with Crippen molar-refractivity contribution in [3.63, 3.8) is 0 Å². The largest absolute Gasteiger partial charge is 0.393 e. The molecule has 2 aromatic rings. The van der Waals surface area contributed by atoms with Crippen molar-refractivity contribution < 1.29 is 14.6 Å². The molecular formula is C21H27N3O3. The lowest BCUT2D eigenvalue weighted by molar-refractivity contribution is -0.179. The molecule has 1 aromatic carbocycles. The zero-order valence-corrected chi connectivity index (χ0v) is 15.7. The Morgan fingerprint density at radius 3 is 2.89 bits per heavy atom. The summed E-state index contributed by atoms with van der Waals surface area (Å²) in [6.45, 7) is 3.43. The number of benzene rings is 1. The summed E-state index contributed by atoms with van der Waals surface area (Å²) in [7, 11) is 0. The fourth-order valence-corrected chi connectivity index (χ4v) is 4.38. The van der Waals surface area contributed by atoms with Crippen LogP contribution in [0.1, 0.15) is 49.4 Å². The van der Waals surface area contributed by atoms with E-state index in [-0.39, 0.29) is 23.7 Å². The Hall–Kier alpha value is -2.18. The molecule has 0 radical (unpaired) electrons. The van der Waals surface area contributed by atoms with Crippen LogP contribution >= 0.6 is 0 Å². The number of nitrogens with one attached hydrogen (secondary N) is 1. The van der Waals surface area contributed by atoms with Gasteiger partial charge in [-0.3, -0.25) is 9.89 Å². The third-order valence-corrected chi connectivity index (χ3v) is 5.92. The first-order valence-electron chi connectivity index (χ1n) is 9.83. The van der Waals surface area contributed by atoms with Crippen molar-refractivity contribution in [3.8, 4) is 11.1 Å². The summed E-state index contributed by atoms with van der Waals surface area (Å²) < 4.78 is 6.33. The van der Waals surface area contributed by atoms with Crippen LogP contribution in [0.2, 0.25) is 0 Å². The highest BCUT2D eigenvalue weighted by molar-refractivity contribution is 5.95. The van der Waals surface area contributed by atoms with Gasteiger partial charge in [0.05, 0.1) is 24.0 Å². The number of aromatic amines is 1. The first-order valence-corrected chi connectivity index (χ1v) is 9.83. The maximum atomic E-state index is 13.0. The van der Waals surface area contributed by atoms with E-state index in [0.29, 0.717) is 25.1 Å². The first kappa shape index (κ1) is 18.2. The zero-order valence-electron chi connectivity index (χ0n) is 15.7. The molecule has 1 spiro atoms. The van der Waals surface area contributed by atoms with E-state index in [1.54, 1.807) is 6.20 Å². The zero-order chi connectivity index (χ0) is 18.9. The van der Waals surface area contributed by atoms with Crippen molar-refractivity contribution in [2.45, 2.75) is 56.8 Å². The van der Waals surface area contributed by atoms with E-state index in [0.717, 1.165) is 36.8 Å². The number of aliphatic hydroxyl groups is 1. The first-order chi connectivity index (χ1) is 13.1. The molecule has 3 heterocycles. The van der Waals surface area contributed by atoms with Crippen LogP contribution in [0.3, 0.4) is 0 Å². The van der Waals surface area contributed by atoms with E-state index in [2.05, 4.69) is 17.1 Å². The minimum absolute atomic E-state index is 0.0543. The molecule has 2 saturated heterocycles. The van der Waals surface area contributed by atoms with E-state index in [1.165, 1.54) is 0 Å². The fraction of sp³-hybridized carbons (Fsp3) is 0.524. The van der Waals surface area contributed by atoms with Crippen LogP contribution < -0.4 is 0 Å². The molecule has 0 unspecified atom stereocenters. The molecule has 2 N–H and O–H groups in total. The lowest BCUT2D eigenvalue weighted by atomic mass is 9.81. The minimum Gasteiger partial charge on any atom is -0.393 e. The van der Waals surface area contributed by atoms with Gasteiger partial charge in [-0.25, -0.2) is 0 Å². The maximum absolute atomic E-state index is 13.0. The maximum Gasteiger partial charge on any atom is 0.253 e. The lowest BCUT2D eigenvalue weighted by Crippen LogP contribution is -2.53. The number of nitrogens with zero attached hydrogens (tertiary/aromatic N) is 2. The number of rotatable bonds is 3. The summed E-state index contributed by atoms with van der Waals surface area (Å²) in [5.74, 6) is 0.0543. The number of ether oxygens (including phenoxy) is 1. The normalized spacial score (nSPS) is 24.9. The Morgan fingerprint density at radius 1 is 1.37 bits per heavy atom. The molecule has 1 amide bonds. The van der Waals surface area contributed by atoms with Gasteiger partial charge in [0.15, 0.2) is 0 Å². The Kier molecular flexibility index (Phi) is 5.02. The second kappa shape index (κ2) is 7.44. The third-order valence-electron chi connectivity index (χ3n) is 5.92. The average Bonchev–Trinajstić information content (AvgIpc) is 3.22. The molecule has 1 aromatic heterocycles. The number of amides is 1. The molecule has 0 bridgehead atoms. The quantitative estimate of drug-likeness (QED) is 0.872. The monoisotopic (exact) mass is 369 g/mol. The Balaban J connectivity index is 1.44. The number of carbonyl (C=O) groups excluding carboxylic acids is 1. The summed E-state index contributed by atoms with van der Waals surface area (Å²) in [5, 5.41) is 17.0. The van der Waals surface area contributed by atoms with Crippen molar-refractivity contribution in [3.05, 3.63) is 42.2 Å². The van der Waals surface area contributed by atoms with Gasteiger partial charge in [-0.2, -0.15) is 5.10 Å². The number of aromatic nitrogens is 2. The minimum atomic E-state index is -0.294. The smallest absolute Gasteiger partial charge is 0.253 e. The molecule has 4 rings (SSSR count). The van der Waals surface area contributed by atoms with Gasteiger partial charge in [-0.15, -0.1) is 0 Å². The van der Waals surface area contributed by atoms with Gasteiger partial charge in [-0.1, -0.05) is 19.1 Å². The number of aliphatic hydroxyl groups excluding tert-OH is 1. The summed E-state index contributed by atoms with van der Waals surface area (Å²) in [6, 6.07) is 7.68. The van der Waals surface area contributed by atoms with Crippen molar-refractivity contribution in [2.75, 3.05) is 13.1 Å². The van der Waals surface area contributed by atoms with E-state index in [1.807, 2.05) is 35.4 Å². The highest BCUT2D eigenvalue weighted by Gasteiger charge is 2.43. The predicted octanol–water partition coefficient (Wildman–Crippen LogP) is 3.00. The molecule has 2 fully saturated rings. The van der Waals surface area contributed by atoms with E-state index < -0.39 is 0 Å². The SMILES string of the molecule is CC[C@H]1C[C@@H](O)CC2(CCN(C(=O)c3cccc(-c4cn[nH]c4)c3)CC2)O1. The van der Waals surface area contributed by atoms with Crippen LogP contribution in [-0.4, -0.2) is 57.0 Å². The van der Waals surface area contributed by atoms with Crippen LogP contribution in [0.25, 0.3) is 11.1 Å². The summed E-state index contributed by atoms with van der Waals surface area (Å²) in [5.41, 5.74) is 2.37. The Morgan fingerprint density at radius 2 is 2.19 bits per heavy atom. The lowest BCUT2D eigenvalue weighted by Gasteiger charge is -2.47. The van der Waals surface area contributed by atoms with Gasteiger partial charge >= 0.3 is 0 Å². The predicted molar refractivity (Wildman–Crippen MR) is 102 cm³/mol. The number of carbonyl (C=O) groups is 1. The van der Waals surface area contributed by atoms with Crippen molar-refractivity contribution >= 4 is 5.91 Å². The fourth-order valence-electron chi connectivity index (χ4n) is 4.38. The van der Waals surface area contributed by atoms with E-state index in [4.69, 9.17) is 4.74 Å². The van der Waals surface area contributed by atoms with Crippen LogP contribution in [0.5, 0.6) is 0 Å². The van der Waals surface area contributed by atoms with E-state index in [9.17, 15) is 9.90 Å². The van der Waals surface area contributed by atoms with Gasteiger partial charge in [0, 0.05) is 36.8 Å². The Labute approximate surface area is 159 Å². The molecule has 2 aliphatic rings. The highest BCUT2D eigenvalue weighted by atomic mass is 16.5. The summed E-state index contributed by atoms with van der Waals surface area (Å²) in [6.07, 6.45) is 7.31. The van der Waals surface area contributed by atoms with Crippen LogP contribution in [-0.2, 0) is 4.74 Å². The molecule has 6 nitrogen and oxygen atoms in total. The summed E-state index contributed by atoms with van der Waals surface area (Å²) >= 11 is 0. The number of piperidine rings is 1. The Bertz CT molecular complexity index is 782. The molecule has 0 saturated carbocycles. The van der Waals surface area contributed by atoms with Crippen molar-refractivity contribution in [2.24, 2.45) is 0 Å². The molecular weight excluding hydrogens is 342 g/mol. The van der Waals surface area contributed by atoms with Crippen molar-refractivity contribution in [1.29, 1.82) is 0 Å². The van der Waals surface area contributed by atoms with E-state index >= 15 is 0 Å². The number of H-pyrrole nitrogens is 1. The topological polar surface area (TPSA) is 78.5 Å². The molecule has 27 heavy (non-hydrogen) atoms. The number of hydrogen-bond acceptors (Lipinski definition) is 4. The number of hydrogen-bond donors (Lipinski definition) is 2.